The molecule has 4 aromatic rings. The normalized spacial score (nSPS) is 10.9. The Bertz CT molecular complexity index is 1200. The molecule has 0 saturated carbocycles. The predicted octanol–water partition coefficient (Wildman–Crippen LogP) is 3.23. The summed E-state index contributed by atoms with van der Waals surface area (Å²) in [5, 5.41) is 13.0. The molecule has 1 amide bonds. The standard InChI is InChI=1S/C18H15N5O3S3/c1-11-9-27-17-19-12(7-15(25)23(11)17)10-28-18-22-21-16(29-18)20-14(24)8-26-13-5-3-2-4-6-13/h2-7,9H,8,10H2,1H3,(H,20,21,24). The van der Waals surface area contributed by atoms with Crippen LogP contribution in [0.1, 0.15) is 11.4 Å². The smallest absolute Gasteiger partial charge is 0.264 e. The fourth-order valence-corrected chi connectivity index (χ4v) is 5.00. The molecular formula is C18H15N5O3S3. The van der Waals surface area contributed by atoms with Gasteiger partial charge in [-0.1, -0.05) is 41.3 Å². The van der Waals surface area contributed by atoms with Crippen LogP contribution in [0.5, 0.6) is 5.75 Å². The van der Waals surface area contributed by atoms with Crippen LogP contribution in [0.25, 0.3) is 4.96 Å². The number of hydrogen-bond donors (Lipinski definition) is 1. The molecule has 11 heteroatoms. The summed E-state index contributed by atoms with van der Waals surface area (Å²) in [6, 6.07) is 10.6. The zero-order valence-corrected chi connectivity index (χ0v) is 17.6. The van der Waals surface area contributed by atoms with E-state index in [0.717, 1.165) is 5.69 Å². The third-order valence-corrected chi connectivity index (χ3v) is 6.69. The van der Waals surface area contributed by atoms with E-state index in [0.29, 0.717) is 31.6 Å². The Morgan fingerprint density at radius 2 is 2.10 bits per heavy atom. The first-order valence-electron chi connectivity index (χ1n) is 8.49. The van der Waals surface area contributed by atoms with Crippen molar-refractivity contribution in [3.05, 3.63) is 63.5 Å². The van der Waals surface area contributed by atoms with Crippen molar-refractivity contribution in [3.63, 3.8) is 0 Å². The number of hydrogen-bond acceptors (Lipinski definition) is 9. The molecule has 3 heterocycles. The Hall–Kier alpha value is -2.76. The Labute approximate surface area is 177 Å². The van der Waals surface area contributed by atoms with Gasteiger partial charge in [-0.25, -0.2) is 4.98 Å². The van der Waals surface area contributed by atoms with Crippen LogP contribution in [0.4, 0.5) is 5.13 Å². The van der Waals surface area contributed by atoms with E-state index in [1.165, 1.54) is 40.5 Å². The lowest BCUT2D eigenvalue weighted by molar-refractivity contribution is -0.118. The van der Waals surface area contributed by atoms with Gasteiger partial charge in [0.25, 0.3) is 11.5 Å². The number of rotatable bonds is 7. The van der Waals surface area contributed by atoms with Gasteiger partial charge in [0.05, 0.1) is 5.69 Å². The van der Waals surface area contributed by atoms with Crippen molar-refractivity contribution in [3.8, 4) is 5.75 Å². The molecule has 0 fully saturated rings. The van der Waals surface area contributed by atoms with E-state index in [1.807, 2.05) is 30.5 Å². The van der Waals surface area contributed by atoms with Crippen LogP contribution in [-0.2, 0) is 10.5 Å². The van der Waals surface area contributed by atoms with Gasteiger partial charge in [-0.15, -0.1) is 21.5 Å². The summed E-state index contributed by atoms with van der Waals surface area (Å²) in [4.78, 5) is 29.4. The highest BCUT2D eigenvalue weighted by Gasteiger charge is 2.11. The maximum absolute atomic E-state index is 12.2. The number of aryl methyl sites for hydroxylation is 1. The molecule has 4 rings (SSSR count). The molecule has 148 valence electrons. The largest absolute Gasteiger partial charge is 0.484 e. The zero-order valence-electron chi connectivity index (χ0n) is 15.2. The second-order valence-electron chi connectivity index (χ2n) is 5.89. The van der Waals surface area contributed by atoms with E-state index in [1.54, 1.807) is 16.5 Å². The topological polar surface area (TPSA) is 98.5 Å². The van der Waals surface area contributed by atoms with Gasteiger partial charge < -0.3 is 4.74 Å². The molecule has 29 heavy (non-hydrogen) atoms. The van der Waals surface area contributed by atoms with Crippen molar-refractivity contribution in [1.82, 2.24) is 19.6 Å². The molecule has 0 aliphatic heterocycles. The van der Waals surface area contributed by atoms with Gasteiger partial charge in [-0.2, -0.15) is 0 Å². The average Bonchev–Trinajstić information content (AvgIpc) is 3.32. The van der Waals surface area contributed by atoms with E-state index >= 15 is 0 Å². The number of anilines is 1. The first kappa shape index (κ1) is 19.6. The van der Waals surface area contributed by atoms with Gasteiger partial charge in [0.1, 0.15) is 5.75 Å². The molecule has 3 aromatic heterocycles. The van der Waals surface area contributed by atoms with Crippen LogP contribution in [0.3, 0.4) is 0 Å². The molecule has 0 radical (unpaired) electrons. The second-order valence-corrected chi connectivity index (χ2v) is 8.93. The zero-order chi connectivity index (χ0) is 20.2. The van der Waals surface area contributed by atoms with Crippen LogP contribution in [0.2, 0.25) is 0 Å². The molecule has 0 aliphatic rings. The second kappa shape index (κ2) is 8.72. The average molecular weight is 446 g/mol. The van der Waals surface area contributed by atoms with E-state index in [2.05, 4.69) is 20.5 Å². The summed E-state index contributed by atoms with van der Waals surface area (Å²) in [5.74, 6) is 0.801. The highest BCUT2D eigenvalue weighted by atomic mass is 32.2. The number of para-hydroxylation sites is 1. The third-order valence-electron chi connectivity index (χ3n) is 3.74. The number of thiazole rings is 1. The number of nitrogens with one attached hydrogen (secondary N) is 1. The molecule has 0 bridgehead atoms. The molecule has 1 N–H and O–H groups in total. The summed E-state index contributed by atoms with van der Waals surface area (Å²) >= 11 is 4.11. The quantitative estimate of drug-likeness (QED) is 0.344. The van der Waals surface area contributed by atoms with Gasteiger partial charge in [-0.05, 0) is 19.1 Å². The third kappa shape index (κ3) is 4.81. The van der Waals surface area contributed by atoms with Gasteiger partial charge in [0.2, 0.25) is 5.13 Å². The van der Waals surface area contributed by atoms with Gasteiger partial charge in [-0.3, -0.25) is 19.3 Å². The number of aromatic nitrogens is 4. The van der Waals surface area contributed by atoms with Gasteiger partial charge >= 0.3 is 0 Å². The number of amides is 1. The number of nitrogens with zero attached hydrogens (tertiary/aromatic N) is 4. The molecule has 0 spiro atoms. The SMILES string of the molecule is Cc1csc2nc(CSc3nnc(NC(=O)COc4ccccc4)s3)cc(=O)n12. The molecular weight excluding hydrogens is 430 g/mol. The Morgan fingerprint density at radius 3 is 2.93 bits per heavy atom. The number of carbonyl (C=O) groups is 1. The van der Waals surface area contributed by atoms with Crippen molar-refractivity contribution in [2.75, 3.05) is 11.9 Å². The van der Waals surface area contributed by atoms with E-state index < -0.39 is 0 Å². The lowest BCUT2D eigenvalue weighted by atomic mass is 10.3. The lowest BCUT2D eigenvalue weighted by Gasteiger charge is -2.04. The van der Waals surface area contributed by atoms with Crippen LogP contribution in [0, 0.1) is 6.92 Å². The summed E-state index contributed by atoms with van der Waals surface area (Å²) in [6.45, 7) is 1.77. The van der Waals surface area contributed by atoms with Crippen molar-refractivity contribution < 1.29 is 9.53 Å². The molecule has 0 saturated heterocycles. The number of ether oxygens (including phenoxy) is 1. The maximum Gasteiger partial charge on any atom is 0.264 e. The highest BCUT2D eigenvalue weighted by Crippen LogP contribution is 2.28. The lowest BCUT2D eigenvalue weighted by Crippen LogP contribution is -2.20. The Morgan fingerprint density at radius 1 is 1.28 bits per heavy atom. The summed E-state index contributed by atoms with van der Waals surface area (Å²) < 4.78 is 7.67. The van der Waals surface area contributed by atoms with Gasteiger partial charge in [0, 0.05) is 22.9 Å². The monoisotopic (exact) mass is 445 g/mol. The summed E-state index contributed by atoms with van der Waals surface area (Å²) in [6.07, 6.45) is 0. The Balaban J connectivity index is 1.32. The van der Waals surface area contributed by atoms with Crippen molar-refractivity contribution >= 4 is 50.4 Å². The van der Waals surface area contributed by atoms with Crippen molar-refractivity contribution in [2.24, 2.45) is 0 Å². The van der Waals surface area contributed by atoms with Crippen LogP contribution in [0.15, 0.2) is 50.9 Å². The minimum atomic E-state index is -0.310. The number of benzene rings is 1. The number of fused-ring (bicyclic) bond motifs is 1. The van der Waals surface area contributed by atoms with Crippen LogP contribution < -0.4 is 15.6 Å². The van der Waals surface area contributed by atoms with Crippen LogP contribution >= 0.6 is 34.4 Å². The van der Waals surface area contributed by atoms with Gasteiger partial charge in [0.15, 0.2) is 15.9 Å². The fraction of sp³-hybridized carbons (Fsp3) is 0.167. The molecule has 0 unspecified atom stereocenters. The maximum atomic E-state index is 12.2. The number of carbonyl (C=O) groups excluding carboxylic acids is 1. The van der Waals surface area contributed by atoms with Crippen molar-refractivity contribution in [1.29, 1.82) is 0 Å². The Kier molecular flexibility index (Phi) is 5.88. The van der Waals surface area contributed by atoms with E-state index in [9.17, 15) is 9.59 Å². The molecule has 0 aliphatic carbocycles. The fourth-order valence-electron chi connectivity index (χ4n) is 2.45. The van der Waals surface area contributed by atoms with E-state index in [4.69, 9.17) is 4.74 Å². The van der Waals surface area contributed by atoms with Crippen molar-refractivity contribution in [2.45, 2.75) is 17.0 Å². The van der Waals surface area contributed by atoms with Crippen LogP contribution in [-0.4, -0.2) is 32.1 Å². The summed E-state index contributed by atoms with van der Waals surface area (Å²) in [5.41, 5.74) is 1.47. The summed E-state index contributed by atoms with van der Waals surface area (Å²) in [7, 11) is 0. The van der Waals surface area contributed by atoms with E-state index in [-0.39, 0.29) is 18.1 Å². The molecule has 8 nitrogen and oxygen atoms in total. The molecule has 1 aromatic carbocycles. The minimum absolute atomic E-state index is 0.0898. The first-order valence-corrected chi connectivity index (χ1v) is 11.2. The number of thioether (sulfide) groups is 1. The minimum Gasteiger partial charge on any atom is -0.484 e. The molecule has 0 atom stereocenters. The first-order chi connectivity index (χ1) is 14.1. The predicted molar refractivity (Wildman–Crippen MR) is 114 cm³/mol. The highest BCUT2D eigenvalue weighted by molar-refractivity contribution is 8.00.